The highest BCUT2D eigenvalue weighted by Crippen LogP contribution is 2.31. The third kappa shape index (κ3) is 2.71. The molecule has 1 aliphatic heterocycles. The first-order valence-corrected chi connectivity index (χ1v) is 6.28. The summed E-state index contributed by atoms with van der Waals surface area (Å²) in [6.07, 6.45) is 5.86. The summed E-state index contributed by atoms with van der Waals surface area (Å²) < 4.78 is 0. The van der Waals surface area contributed by atoms with Crippen LogP contribution < -0.4 is 10.6 Å². The number of nitrogens with one attached hydrogen (secondary N) is 2. The fourth-order valence-corrected chi connectivity index (χ4v) is 2.82. The van der Waals surface area contributed by atoms with Crippen LogP contribution in [0.15, 0.2) is 0 Å². The van der Waals surface area contributed by atoms with Gasteiger partial charge in [-0.05, 0) is 38.1 Å². The summed E-state index contributed by atoms with van der Waals surface area (Å²) in [6, 6.07) is 0.374. The van der Waals surface area contributed by atoms with Gasteiger partial charge in [0.25, 0.3) is 0 Å². The molecule has 2 rings (SSSR count). The lowest BCUT2D eigenvalue weighted by molar-refractivity contribution is -0.126. The van der Waals surface area contributed by atoms with Crippen molar-refractivity contribution >= 4 is 5.91 Å². The lowest BCUT2D eigenvalue weighted by atomic mass is 9.96. The van der Waals surface area contributed by atoms with E-state index in [1.165, 1.54) is 19.3 Å². The van der Waals surface area contributed by atoms with Crippen LogP contribution in [-0.2, 0) is 4.79 Å². The van der Waals surface area contributed by atoms with Crippen molar-refractivity contribution < 1.29 is 4.79 Å². The van der Waals surface area contributed by atoms with Gasteiger partial charge in [-0.1, -0.05) is 13.3 Å². The summed E-state index contributed by atoms with van der Waals surface area (Å²) in [5, 5.41) is 6.52. The van der Waals surface area contributed by atoms with E-state index in [0.29, 0.717) is 17.9 Å². The second-order valence-corrected chi connectivity index (χ2v) is 5.07. The van der Waals surface area contributed by atoms with Crippen LogP contribution in [0.4, 0.5) is 0 Å². The molecule has 1 saturated carbocycles. The third-order valence-electron chi connectivity index (χ3n) is 3.84. The first-order chi connectivity index (χ1) is 7.27. The average Bonchev–Trinajstić information content (AvgIpc) is 2.66. The van der Waals surface area contributed by atoms with Crippen LogP contribution in [0.3, 0.4) is 0 Å². The van der Waals surface area contributed by atoms with Gasteiger partial charge in [0.1, 0.15) is 0 Å². The van der Waals surface area contributed by atoms with Crippen LogP contribution in [-0.4, -0.2) is 25.0 Å². The van der Waals surface area contributed by atoms with Crippen molar-refractivity contribution in [1.82, 2.24) is 10.6 Å². The second kappa shape index (κ2) is 4.97. The fourth-order valence-electron chi connectivity index (χ4n) is 2.82. The molecule has 1 amide bonds. The van der Waals surface area contributed by atoms with Crippen molar-refractivity contribution in [1.29, 1.82) is 0 Å². The molecule has 86 valence electrons. The number of hydrogen-bond acceptors (Lipinski definition) is 2. The maximum atomic E-state index is 12.0. The largest absolute Gasteiger partial charge is 0.352 e. The SMILES string of the molecule is CC1CCCC1C(=O)NC1CCCNC1. The summed E-state index contributed by atoms with van der Waals surface area (Å²) in [6.45, 7) is 4.26. The summed E-state index contributed by atoms with van der Waals surface area (Å²) >= 11 is 0. The Bertz CT molecular complexity index is 224. The number of carbonyl (C=O) groups is 1. The molecule has 2 fully saturated rings. The van der Waals surface area contributed by atoms with E-state index in [4.69, 9.17) is 0 Å². The number of amides is 1. The Morgan fingerprint density at radius 1 is 1.27 bits per heavy atom. The highest BCUT2D eigenvalue weighted by Gasteiger charge is 2.30. The molecule has 0 spiro atoms. The summed E-state index contributed by atoms with van der Waals surface area (Å²) in [7, 11) is 0. The van der Waals surface area contributed by atoms with E-state index >= 15 is 0 Å². The first kappa shape index (κ1) is 10.9. The molecule has 0 aromatic carbocycles. The van der Waals surface area contributed by atoms with Gasteiger partial charge < -0.3 is 10.6 Å². The molecular formula is C12H22N2O. The van der Waals surface area contributed by atoms with Crippen LogP contribution in [0.2, 0.25) is 0 Å². The number of rotatable bonds is 2. The average molecular weight is 210 g/mol. The Morgan fingerprint density at radius 2 is 2.13 bits per heavy atom. The van der Waals surface area contributed by atoms with Crippen LogP contribution in [0.5, 0.6) is 0 Å². The lowest BCUT2D eigenvalue weighted by Gasteiger charge is -2.26. The molecule has 15 heavy (non-hydrogen) atoms. The molecule has 3 heteroatoms. The number of carbonyl (C=O) groups excluding carboxylic acids is 1. The lowest BCUT2D eigenvalue weighted by Crippen LogP contribution is -2.47. The van der Waals surface area contributed by atoms with E-state index < -0.39 is 0 Å². The molecule has 1 aliphatic carbocycles. The maximum absolute atomic E-state index is 12.0. The van der Waals surface area contributed by atoms with Gasteiger partial charge in [0, 0.05) is 18.5 Å². The van der Waals surface area contributed by atoms with Gasteiger partial charge in [0.2, 0.25) is 5.91 Å². The second-order valence-electron chi connectivity index (χ2n) is 5.07. The fraction of sp³-hybridized carbons (Fsp3) is 0.917. The summed E-state index contributed by atoms with van der Waals surface area (Å²) in [4.78, 5) is 12.0. The van der Waals surface area contributed by atoms with E-state index in [-0.39, 0.29) is 5.92 Å². The zero-order valence-electron chi connectivity index (χ0n) is 9.59. The normalized spacial score (nSPS) is 36.5. The Hall–Kier alpha value is -0.570. The number of piperidine rings is 1. The van der Waals surface area contributed by atoms with Gasteiger partial charge >= 0.3 is 0 Å². The van der Waals surface area contributed by atoms with Gasteiger partial charge in [-0.2, -0.15) is 0 Å². The molecule has 3 unspecified atom stereocenters. The number of hydrogen-bond donors (Lipinski definition) is 2. The molecule has 0 aromatic rings. The third-order valence-corrected chi connectivity index (χ3v) is 3.84. The topological polar surface area (TPSA) is 41.1 Å². The molecule has 1 saturated heterocycles. The van der Waals surface area contributed by atoms with Crippen LogP contribution in [0, 0.1) is 11.8 Å². The van der Waals surface area contributed by atoms with Crippen molar-refractivity contribution in [3.8, 4) is 0 Å². The van der Waals surface area contributed by atoms with Crippen molar-refractivity contribution in [2.75, 3.05) is 13.1 Å². The van der Waals surface area contributed by atoms with E-state index in [9.17, 15) is 4.79 Å². The molecule has 3 atom stereocenters. The Kier molecular flexibility index (Phi) is 3.62. The minimum absolute atomic E-state index is 0.284. The van der Waals surface area contributed by atoms with Crippen LogP contribution in [0.1, 0.15) is 39.0 Å². The molecule has 1 heterocycles. The maximum Gasteiger partial charge on any atom is 0.223 e. The Morgan fingerprint density at radius 3 is 2.73 bits per heavy atom. The van der Waals surface area contributed by atoms with Crippen molar-refractivity contribution in [3.05, 3.63) is 0 Å². The van der Waals surface area contributed by atoms with E-state index in [1.54, 1.807) is 0 Å². The predicted octanol–water partition coefficient (Wildman–Crippen LogP) is 1.29. The van der Waals surface area contributed by atoms with Gasteiger partial charge in [0.05, 0.1) is 0 Å². The molecule has 2 N–H and O–H groups in total. The summed E-state index contributed by atoms with van der Waals surface area (Å²) in [5.74, 6) is 1.17. The van der Waals surface area contributed by atoms with E-state index in [0.717, 1.165) is 25.9 Å². The zero-order chi connectivity index (χ0) is 10.7. The Balaban J connectivity index is 1.80. The quantitative estimate of drug-likeness (QED) is 0.721. The minimum atomic E-state index is 0.284. The highest BCUT2D eigenvalue weighted by atomic mass is 16.2. The predicted molar refractivity (Wildman–Crippen MR) is 60.5 cm³/mol. The minimum Gasteiger partial charge on any atom is -0.352 e. The standard InChI is InChI=1S/C12H22N2O/c1-9-4-2-6-11(9)12(15)14-10-5-3-7-13-8-10/h9-11,13H,2-8H2,1H3,(H,14,15). The Labute approximate surface area is 92.0 Å². The van der Waals surface area contributed by atoms with E-state index in [2.05, 4.69) is 17.6 Å². The zero-order valence-corrected chi connectivity index (χ0v) is 9.59. The molecular weight excluding hydrogens is 188 g/mol. The molecule has 2 aliphatic rings. The van der Waals surface area contributed by atoms with Crippen LogP contribution in [0.25, 0.3) is 0 Å². The molecule has 0 bridgehead atoms. The molecule has 0 aromatic heterocycles. The van der Waals surface area contributed by atoms with Crippen LogP contribution >= 0.6 is 0 Å². The smallest absolute Gasteiger partial charge is 0.223 e. The van der Waals surface area contributed by atoms with Crippen molar-refractivity contribution in [2.45, 2.75) is 45.1 Å². The van der Waals surface area contributed by atoms with Gasteiger partial charge in [0.15, 0.2) is 0 Å². The van der Waals surface area contributed by atoms with Gasteiger partial charge in [-0.3, -0.25) is 4.79 Å². The van der Waals surface area contributed by atoms with E-state index in [1.807, 2.05) is 0 Å². The van der Waals surface area contributed by atoms with Gasteiger partial charge in [-0.25, -0.2) is 0 Å². The van der Waals surface area contributed by atoms with Crippen molar-refractivity contribution in [2.24, 2.45) is 11.8 Å². The molecule has 3 nitrogen and oxygen atoms in total. The van der Waals surface area contributed by atoms with Crippen molar-refractivity contribution in [3.63, 3.8) is 0 Å². The van der Waals surface area contributed by atoms with Gasteiger partial charge in [-0.15, -0.1) is 0 Å². The molecule has 0 radical (unpaired) electrons. The first-order valence-electron chi connectivity index (χ1n) is 6.28. The monoisotopic (exact) mass is 210 g/mol. The highest BCUT2D eigenvalue weighted by molar-refractivity contribution is 5.79. The summed E-state index contributed by atoms with van der Waals surface area (Å²) in [5.41, 5.74) is 0.